The molecule has 2 nitrogen and oxygen atoms in total. The highest BCUT2D eigenvalue weighted by atomic mass is 32.1. The van der Waals surface area contributed by atoms with Gasteiger partial charge in [-0.25, -0.2) is 0 Å². The standard InChI is InChI=1S/C14H23NOS/c1-8-6-7-12(17-8)14(15-5)13-9(2)10(3)16-11(13)4/h6-7,9-11,13-15H,1-5H3. The minimum absolute atomic E-state index is 0.333. The van der Waals surface area contributed by atoms with Gasteiger partial charge in [0.25, 0.3) is 0 Å². The number of ether oxygens (including phenoxy) is 1. The van der Waals surface area contributed by atoms with Crippen LogP contribution in [0, 0.1) is 18.8 Å². The summed E-state index contributed by atoms with van der Waals surface area (Å²) in [6, 6.07) is 4.88. The van der Waals surface area contributed by atoms with Gasteiger partial charge in [0.05, 0.1) is 12.2 Å². The largest absolute Gasteiger partial charge is 0.375 e. The Morgan fingerprint density at radius 2 is 1.94 bits per heavy atom. The number of nitrogens with one attached hydrogen (secondary N) is 1. The molecule has 0 radical (unpaired) electrons. The highest BCUT2D eigenvalue weighted by Crippen LogP contribution is 2.41. The van der Waals surface area contributed by atoms with Gasteiger partial charge in [0.1, 0.15) is 0 Å². The van der Waals surface area contributed by atoms with Crippen LogP contribution >= 0.6 is 11.3 Å². The highest BCUT2D eigenvalue weighted by molar-refractivity contribution is 7.12. The maximum absolute atomic E-state index is 5.96. The molecule has 5 atom stereocenters. The SMILES string of the molecule is CNC(c1ccc(C)s1)C1C(C)OC(C)C1C. The Morgan fingerprint density at radius 1 is 1.24 bits per heavy atom. The third-order valence-corrected chi connectivity index (χ3v) is 5.17. The summed E-state index contributed by atoms with van der Waals surface area (Å²) in [6.07, 6.45) is 0.701. The van der Waals surface area contributed by atoms with Crippen molar-refractivity contribution in [2.45, 2.75) is 45.9 Å². The summed E-state index contributed by atoms with van der Waals surface area (Å²) in [4.78, 5) is 2.82. The third kappa shape index (κ3) is 2.42. The zero-order valence-electron chi connectivity index (χ0n) is 11.4. The monoisotopic (exact) mass is 253 g/mol. The lowest BCUT2D eigenvalue weighted by atomic mass is 9.83. The summed E-state index contributed by atoms with van der Waals surface area (Å²) in [5.74, 6) is 1.16. The van der Waals surface area contributed by atoms with Gasteiger partial charge in [-0.05, 0) is 45.9 Å². The van der Waals surface area contributed by atoms with Crippen LogP contribution in [0.4, 0.5) is 0 Å². The van der Waals surface area contributed by atoms with Gasteiger partial charge in [-0.3, -0.25) is 0 Å². The Kier molecular flexibility index (Phi) is 3.91. The minimum Gasteiger partial charge on any atom is -0.375 e. The van der Waals surface area contributed by atoms with Crippen molar-refractivity contribution >= 4 is 11.3 Å². The number of rotatable bonds is 3. The van der Waals surface area contributed by atoms with E-state index in [1.165, 1.54) is 9.75 Å². The Bertz CT molecular complexity index is 376. The third-order valence-electron chi connectivity index (χ3n) is 4.08. The molecule has 1 aliphatic rings. The Hall–Kier alpha value is -0.380. The lowest BCUT2D eigenvalue weighted by Crippen LogP contribution is -2.32. The molecule has 1 fully saturated rings. The first-order valence-electron chi connectivity index (χ1n) is 6.43. The Morgan fingerprint density at radius 3 is 2.35 bits per heavy atom. The molecule has 1 aliphatic heterocycles. The molecule has 3 heteroatoms. The number of aryl methyl sites for hydroxylation is 1. The van der Waals surface area contributed by atoms with Crippen LogP contribution in [0.3, 0.4) is 0 Å². The molecule has 1 aromatic rings. The van der Waals surface area contributed by atoms with E-state index in [9.17, 15) is 0 Å². The molecule has 17 heavy (non-hydrogen) atoms. The van der Waals surface area contributed by atoms with Gasteiger partial charge in [0.15, 0.2) is 0 Å². The van der Waals surface area contributed by atoms with Crippen LogP contribution in [0.1, 0.15) is 36.6 Å². The van der Waals surface area contributed by atoms with Crippen molar-refractivity contribution in [1.82, 2.24) is 5.32 Å². The summed E-state index contributed by atoms with van der Waals surface area (Å²) in [7, 11) is 2.06. The molecule has 1 N–H and O–H groups in total. The lowest BCUT2D eigenvalue weighted by molar-refractivity contribution is 0.0479. The van der Waals surface area contributed by atoms with Crippen LogP contribution in [-0.4, -0.2) is 19.3 Å². The van der Waals surface area contributed by atoms with E-state index in [2.05, 4.69) is 52.2 Å². The average Bonchev–Trinajstić information content (AvgIpc) is 2.79. The fourth-order valence-electron chi connectivity index (χ4n) is 3.01. The smallest absolute Gasteiger partial charge is 0.0600 e. The van der Waals surface area contributed by atoms with E-state index in [1.807, 2.05) is 11.3 Å². The molecule has 1 aromatic heterocycles. The first-order valence-corrected chi connectivity index (χ1v) is 7.25. The van der Waals surface area contributed by atoms with E-state index < -0.39 is 0 Å². The van der Waals surface area contributed by atoms with Gasteiger partial charge < -0.3 is 10.1 Å². The predicted molar refractivity (Wildman–Crippen MR) is 73.5 cm³/mol. The molecule has 0 aliphatic carbocycles. The Balaban J connectivity index is 2.24. The summed E-state index contributed by atoms with van der Waals surface area (Å²) in [5.41, 5.74) is 0. The van der Waals surface area contributed by atoms with Gasteiger partial charge in [-0.2, -0.15) is 0 Å². The van der Waals surface area contributed by atoms with Gasteiger partial charge in [-0.15, -0.1) is 11.3 Å². The van der Waals surface area contributed by atoms with E-state index in [0.29, 0.717) is 30.1 Å². The zero-order chi connectivity index (χ0) is 12.6. The van der Waals surface area contributed by atoms with Crippen molar-refractivity contribution in [3.05, 3.63) is 21.9 Å². The van der Waals surface area contributed by atoms with Crippen LogP contribution in [0.15, 0.2) is 12.1 Å². The van der Waals surface area contributed by atoms with Crippen molar-refractivity contribution in [3.8, 4) is 0 Å². The second kappa shape index (κ2) is 5.09. The molecule has 2 rings (SSSR count). The lowest BCUT2D eigenvalue weighted by Gasteiger charge is -2.27. The second-order valence-corrected chi connectivity index (χ2v) is 6.52. The topological polar surface area (TPSA) is 21.3 Å². The highest BCUT2D eigenvalue weighted by Gasteiger charge is 2.42. The van der Waals surface area contributed by atoms with Crippen molar-refractivity contribution in [1.29, 1.82) is 0 Å². The fraction of sp³-hybridized carbons (Fsp3) is 0.714. The van der Waals surface area contributed by atoms with E-state index in [4.69, 9.17) is 4.74 Å². The quantitative estimate of drug-likeness (QED) is 0.891. The number of thiophene rings is 1. The normalized spacial score (nSPS) is 35.1. The summed E-state index contributed by atoms with van der Waals surface area (Å²) in [5, 5.41) is 3.49. The molecule has 5 unspecified atom stereocenters. The molecular weight excluding hydrogens is 230 g/mol. The van der Waals surface area contributed by atoms with Gasteiger partial charge >= 0.3 is 0 Å². The minimum atomic E-state index is 0.333. The molecule has 96 valence electrons. The first-order chi connectivity index (χ1) is 8.04. The molecule has 0 amide bonds. The van der Waals surface area contributed by atoms with Crippen LogP contribution < -0.4 is 5.32 Å². The number of hydrogen-bond acceptors (Lipinski definition) is 3. The van der Waals surface area contributed by atoms with Gasteiger partial charge in [0, 0.05) is 21.7 Å². The van der Waals surface area contributed by atoms with E-state index in [0.717, 1.165) is 0 Å². The van der Waals surface area contributed by atoms with Crippen molar-refractivity contribution in [3.63, 3.8) is 0 Å². The van der Waals surface area contributed by atoms with Crippen LogP contribution in [0.5, 0.6) is 0 Å². The zero-order valence-corrected chi connectivity index (χ0v) is 12.2. The van der Waals surface area contributed by atoms with Crippen LogP contribution in [0.2, 0.25) is 0 Å². The van der Waals surface area contributed by atoms with Crippen LogP contribution in [0.25, 0.3) is 0 Å². The first kappa shape index (κ1) is 13.1. The predicted octanol–water partition coefficient (Wildman–Crippen LogP) is 3.38. The van der Waals surface area contributed by atoms with E-state index in [1.54, 1.807) is 0 Å². The van der Waals surface area contributed by atoms with E-state index >= 15 is 0 Å². The summed E-state index contributed by atoms with van der Waals surface area (Å²) in [6.45, 7) is 8.87. The van der Waals surface area contributed by atoms with E-state index in [-0.39, 0.29) is 0 Å². The van der Waals surface area contributed by atoms with Crippen molar-refractivity contribution < 1.29 is 4.74 Å². The van der Waals surface area contributed by atoms with Gasteiger partial charge in [0.2, 0.25) is 0 Å². The molecule has 0 spiro atoms. The summed E-state index contributed by atoms with van der Waals surface area (Å²) >= 11 is 1.89. The number of hydrogen-bond donors (Lipinski definition) is 1. The maximum Gasteiger partial charge on any atom is 0.0600 e. The van der Waals surface area contributed by atoms with Gasteiger partial charge in [-0.1, -0.05) is 6.92 Å². The van der Waals surface area contributed by atoms with Crippen molar-refractivity contribution in [2.75, 3.05) is 7.05 Å². The fourth-order valence-corrected chi connectivity index (χ4v) is 4.06. The maximum atomic E-state index is 5.96. The summed E-state index contributed by atoms with van der Waals surface area (Å²) < 4.78 is 5.96. The molecule has 0 aromatic carbocycles. The Labute approximate surface area is 108 Å². The molecule has 2 heterocycles. The molecular formula is C14H23NOS. The molecule has 0 bridgehead atoms. The van der Waals surface area contributed by atoms with Crippen molar-refractivity contribution in [2.24, 2.45) is 11.8 Å². The van der Waals surface area contributed by atoms with Crippen LogP contribution in [-0.2, 0) is 4.74 Å². The average molecular weight is 253 g/mol. The molecule has 0 saturated carbocycles. The second-order valence-electron chi connectivity index (χ2n) is 5.20. The molecule has 1 saturated heterocycles.